The molecule has 1 saturated heterocycles. The lowest BCUT2D eigenvalue weighted by atomic mass is 10.3. The molecule has 1 aromatic heterocycles. The Morgan fingerprint density at radius 2 is 2.07 bits per heavy atom. The van der Waals surface area contributed by atoms with Gasteiger partial charge < -0.3 is 9.47 Å². The molecule has 7 nitrogen and oxygen atoms in total. The van der Waals surface area contributed by atoms with E-state index in [1.165, 1.54) is 23.1 Å². The quantitative estimate of drug-likeness (QED) is 0.430. The van der Waals surface area contributed by atoms with Gasteiger partial charge in [-0.1, -0.05) is 53.1 Å². The Morgan fingerprint density at radius 3 is 2.89 bits per heavy atom. The first-order chi connectivity index (χ1) is 13.3. The normalized spacial score (nSPS) is 14.2. The molecule has 1 N–H and O–H groups in total. The van der Waals surface area contributed by atoms with E-state index in [9.17, 15) is 4.79 Å². The van der Waals surface area contributed by atoms with Crippen LogP contribution in [0.15, 0.2) is 34.7 Å². The maximum absolute atomic E-state index is 11.9. The summed E-state index contributed by atoms with van der Waals surface area (Å²) < 4.78 is 11.5. The fraction of sp³-hybridized carbons (Fsp3) is 0.389. The van der Waals surface area contributed by atoms with Crippen LogP contribution < -0.4 is 10.1 Å². The van der Waals surface area contributed by atoms with E-state index in [-0.39, 0.29) is 12.5 Å². The first-order valence-corrected chi connectivity index (χ1v) is 10.3. The zero-order chi connectivity index (χ0) is 18.7. The molecule has 2 aromatic rings. The molecule has 142 valence electrons. The molecule has 1 aliphatic rings. The maximum atomic E-state index is 11.9. The predicted octanol–water partition coefficient (Wildman–Crippen LogP) is 1.98. The molecule has 0 atom stereocenters. The molecule has 1 aliphatic heterocycles. The highest BCUT2D eigenvalue weighted by Crippen LogP contribution is 2.24. The summed E-state index contributed by atoms with van der Waals surface area (Å²) in [5.74, 6) is 7.32. The van der Waals surface area contributed by atoms with Gasteiger partial charge in [-0.25, -0.2) is 0 Å². The van der Waals surface area contributed by atoms with Crippen molar-refractivity contribution in [1.82, 2.24) is 15.1 Å². The smallest absolute Gasteiger partial charge is 0.264 e. The fourth-order valence-electron chi connectivity index (χ4n) is 2.22. The lowest BCUT2D eigenvalue weighted by Crippen LogP contribution is -2.36. The van der Waals surface area contributed by atoms with Crippen LogP contribution in [0.25, 0.3) is 0 Å². The summed E-state index contributed by atoms with van der Waals surface area (Å²) >= 11 is 2.84. The molecule has 3 rings (SSSR count). The Kier molecular flexibility index (Phi) is 7.92. The van der Waals surface area contributed by atoms with Gasteiger partial charge in [0.2, 0.25) is 5.13 Å². The third-order valence-corrected chi connectivity index (χ3v) is 5.42. The Balaban J connectivity index is 1.35. The van der Waals surface area contributed by atoms with Gasteiger partial charge in [-0.15, -0.1) is 10.2 Å². The number of carbonyl (C=O) groups is 1. The second kappa shape index (κ2) is 10.9. The van der Waals surface area contributed by atoms with Crippen LogP contribution >= 0.6 is 23.1 Å². The van der Waals surface area contributed by atoms with Gasteiger partial charge in [0.1, 0.15) is 5.75 Å². The lowest BCUT2D eigenvalue weighted by molar-refractivity contribution is -0.118. The van der Waals surface area contributed by atoms with Crippen LogP contribution in [0.3, 0.4) is 0 Å². The predicted molar refractivity (Wildman–Crippen MR) is 106 cm³/mol. The van der Waals surface area contributed by atoms with Gasteiger partial charge in [-0.3, -0.25) is 15.0 Å². The van der Waals surface area contributed by atoms with Gasteiger partial charge >= 0.3 is 0 Å². The number of para-hydroxylation sites is 1. The number of hydrogen-bond donors (Lipinski definition) is 1. The molecule has 1 aromatic carbocycles. The summed E-state index contributed by atoms with van der Waals surface area (Å²) in [4.78, 5) is 14.2. The van der Waals surface area contributed by atoms with Gasteiger partial charge in [-0.2, -0.15) is 0 Å². The topological polar surface area (TPSA) is 76.6 Å². The monoisotopic (exact) mass is 404 g/mol. The van der Waals surface area contributed by atoms with Crippen LogP contribution in [0.5, 0.6) is 5.75 Å². The number of thioether (sulfide) groups is 1. The van der Waals surface area contributed by atoms with E-state index in [0.29, 0.717) is 16.6 Å². The molecule has 0 unspecified atom stereocenters. The summed E-state index contributed by atoms with van der Waals surface area (Å²) in [6, 6.07) is 9.19. The number of amides is 1. The van der Waals surface area contributed by atoms with Crippen LogP contribution in [-0.4, -0.2) is 66.2 Å². The van der Waals surface area contributed by atoms with Crippen LogP contribution in [0.4, 0.5) is 5.13 Å². The third-order valence-electron chi connectivity index (χ3n) is 3.57. The molecular weight excluding hydrogens is 384 g/mol. The largest absolute Gasteiger partial charge is 0.484 e. The summed E-state index contributed by atoms with van der Waals surface area (Å²) in [5, 5.41) is 11.2. The maximum Gasteiger partial charge on any atom is 0.264 e. The van der Waals surface area contributed by atoms with Crippen molar-refractivity contribution in [1.29, 1.82) is 0 Å². The Morgan fingerprint density at radius 1 is 1.26 bits per heavy atom. The number of carbonyl (C=O) groups excluding carboxylic acids is 1. The second-order valence-corrected chi connectivity index (χ2v) is 7.75. The minimum absolute atomic E-state index is 0.0704. The van der Waals surface area contributed by atoms with E-state index in [1.807, 2.05) is 18.2 Å². The van der Waals surface area contributed by atoms with Crippen molar-refractivity contribution < 1.29 is 14.3 Å². The number of aromatic nitrogens is 2. The molecule has 0 bridgehead atoms. The van der Waals surface area contributed by atoms with Crippen LogP contribution in [0.1, 0.15) is 0 Å². The van der Waals surface area contributed by atoms with Gasteiger partial charge in [0.25, 0.3) is 5.91 Å². The van der Waals surface area contributed by atoms with Crippen molar-refractivity contribution in [2.45, 2.75) is 4.34 Å². The molecule has 0 aliphatic carbocycles. The van der Waals surface area contributed by atoms with E-state index in [0.717, 1.165) is 37.2 Å². The van der Waals surface area contributed by atoms with E-state index in [1.54, 1.807) is 12.1 Å². The highest BCUT2D eigenvalue weighted by Gasteiger charge is 2.09. The molecule has 1 fully saturated rings. The molecule has 2 heterocycles. The van der Waals surface area contributed by atoms with Crippen molar-refractivity contribution in [3.63, 3.8) is 0 Å². The van der Waals surface area contributed by atoms with Crippen molar-refractivity contribution in [2.24, 2.45) is 0 Å². The van der Waals surface area contributed by atoms with Gasteiger partial charge in [0.15, 0.2) is 10.9 Å². The second-order valence-electron chi connectivity index (χ2n) is 5.55. The Hall–Kier alpha value is -2.12. The number of anilines is 1. The number of nitrogens with one attached hydrogen (secondary N) is 1. The average molecular weight is 405 g/mol. The highest BCUT2D eigenvalue weighted by atomic mass is 32.2. The van der Waals surface area contributed by atoms with Gasteiger partial charge in [0.05, 0.1) is 25.5 Å². The van der Waals surface area contributed by atoms with Crippen molar-refractivity contribution in [3.8, 4) is 17.6 Å². The number of rotatable bonds is 7. The molecule has 0 spiro atoms. The lowest BCUT2D eigenvalue weighted by Gasteiger charge is -2.24. The first kappa shape index (κ1) is 19.6. The Bertz CT molecular complexity index is 783. The zero-order valence-corrected chi connectivity index (χ0v) is 16.4. The van der Waals surface area contributed by atoms with E-state index >= 15 is 0 Å². The number of morpholine rings is 1. The molecular formula is C18H20N4O3S2. The number of ether oxygens (including phenoxy) is 2. The van der Waals surface area contributed by atoms with Gasteiger partial charge in [0, 0.05) is 13.1 Å². The van der Waals surface area contributed by atoms with E-state index in [4.69, 9.17) is 9.47 Å². The minimum Gasteiger partial charge on any atom is -0.484 e. The van der Waals surface area contributed by atoms with Crippen LogP contribution in [0.2, 0.25) is 0 Å². The number of benzene rings is 1. The summed E-state index contributed by atoms with van der Waals surface area (Å²) in [5.41, 5.74) is 0. The fourth-order valence-corrected chi connectivity index (χ4v) is 3.75. The van der Waals surface area contributed by atoms with E-state index in [2.05, 4.69) is 32.3 Å². The minimum atomic E-state index is -0.267. The van der Waals surface area contributed by atoms with E-state index < -0.39 is 0 Å². The van der Waals surface area contributed by atoms with Crippen molar-refractivity contribution >= 4 is 34.1 Å². The molecule has 0 radical (unpaired) electrons. The zero-order valence-electron chi connectivity index (χ0n) is 14.7. The van der Waals surface area contributed by atoms with Gasteiger partial charge in [-0.05, 0) is 12.1 Å². The Labute approximate surface area is 166 Å². The summed E-state index contributed by atoms with van der Waals surface area (Å²) in [6.07, 6.45) is 0. The standard InChI is InChI=1S/C18H20N4O3S2/c23-16(14-25-15-6-2-1-3-7-15)19-17-20-21-18(27-17)26-13-5-4-8-22-9-11-24-12-10-22/h1-3,6-7H,8-14H2,(H,19,20,23). The van der Waals surface area contributed by atoms with Crippen LogP contribution in [0, 0.1) is 11.8 Å². The summed E-state index contributed by atoms with van der Waals surface area (Å²) in [7, 11) is 0. The number of nitrogens with zero attached hydrogens (tertiary/aromatic N) is 3. The summed E-state index contributed by atoms with van der Waals surface area (Å²) in [6.45, 7) is 4.14. The highest BCUT2D eigenvalue weighted by molar-refractivity contribution is 8.01. The van der Waals surface area contributed by atoms with Crippen LogP contribution in [-0.2, 0) is 9.53 Å². The molecule has 1 amide bonds. The molecule has 9 heteroatoms. The van der Waals surface area contributed by atoms with Crippen molar-refractivity contribution in [3.05, 3.63) is 30.3 Å². The third kappa shape index (κ3) is 7.19. The SMILES string of the molecule is O=C(COc1ccccc1)Nc1nnc(SCC#CCN2CCOCC2)s1. The van der Waals surface area contributed by atoms with Crippen molar-refractivity contribution in [2.75, 3.05) is 50.5 Å². The molecule has 0 saturated carbocycles. The average Bonchev–Trinajstić information content (AvgIpc) is 3.15. The molecule has 27 heavy (non-hydrogen) atoms. The number of hydrogen-bond acceptors (Lipinski definition) is 8. The first-order valence-electron chi connectivity index (χ1n) is 8.49.